The lowest BCUT2D eigenvalue weighted by Gasteiger charge is -2.09. The summed E-state index contributed by atoms with van der Waals surface area (Å²) in [5, 5.41) is 3.99. The number of hydrogen-bond donors (Lipinski definition) is 1. The Labute approximate surface area is 111 Å². The van der Waals surface area contributed by atoms with Gasteiger partial charge < -0.3 is 10.5 Å². The molecule has 0 aliphatic rings. The standard InChI is InChI=1S/C13H17N3OS/c1-9-13(18-16-15-9)12(14)8-5-10-3-6-11(17-2)7-4-10/h3-4,6-7,12H,5,8,14H2,1-2H3. The highest BCUT2D eigenvalue weighted by Gasteiger charge is 2.12. The molecule has 0 bridgehead atoms. The van der Waals surface area contributed by atoms with Crippen LogP contribution in [0.5, 0.6) is 5.75 Å². The van der Waals surface area contributed by atoms with Crippen LogP contribution in [0.25, 0.3) is 0 Å². The predicted molar refractivity (Wildman–Crippen MR) is 72.9 cm³/mol. The van der Waals surface area contributed by atoms with Gasteiger partial charge in [0.15, 0.2) is 0 Å². The van der Waals surface area contributed by atoms with Crippen LogP contribution >= 0.6 is 11.5 Å². The van der Waals surface area contributed by atoms with Crippen LogP contribution in [-0.4, -0.2) is 16.7 Å². The Bertz CT molecular complexity index is 495. The van der Waals surface area contributed by atoms with E-state index in [-0.39, 0.29) is 6.04 Å². The molecule has 2 rings (SSSR count). The van der Waals surface area contributed by atoms with Gasteiger partial charge in [-0.25, -0.2) is 0 Å². The van der Waals surface area contributed by atoms with E-state index in [1.54, 1.807) is 7.11 Å². The third-order valence-corrected chi connectivity index (χ3v) is 3.88. The highest BCUT2D eigenvalue weighted by atomic mass is 32.1. The largest absolute Gasteiger partial charge is 0.497 e. The summed E-state index contributed by atoms with van der Waals surface area (Å²) in [6, 6.07) is 8.11. The molecule has 96 valence electrons. The van der Waals surface area contributed by atoms with Crippen LogP contribution in [-0.2, 0) is 6.42 Å². The zero-order valence-corrected chi connectivity index (χ0v) is 11.4. The summed E-state index contributed by atoms with van der Waals surface area (Å²) in [5.74, 6) is 0.880. The van der Waals surface area contributed by atoms with E-state index in [2.05, 4.69) is 21.7 Å². The van der Waals surface area contributed by atoms with Crippen LogP contribution in [0.2, 0.25) is 0 Å². The van der Waals surface area contributed by atoms with E-state index < -0.39 is 0 Å². The summed E-state index contributed by atoms with van der Waals surface area (Å²) in [4.78, 5) is 1.09. The molecule has 1 aromatic carbocycles. The first-order chi connectivity index (χ1) is 8.70. The monoisotopic (exact) mass is 263 g/mol. The Balaban J connectivity index is 1.93. The van der Waals surface area contributed by atoms with Crippen LogP contribution < -0.4 is 10.5 Å². The number of rotatable bonds is 5. The quantitative estimate of drug-likeness (QED) is 0.900. The molecule has 5 heteroatoms. The fraction of sp³-hybridized carbons (Fsp3) is 0.385. The molecule has 0 saturated carbocycles. The van der Waals surface area contributed by atoms with Gasteiger partial charge in [-0.3, -0.25) is 0 Å². The van der Waals surface area contributed by atoms with Crippen LogP contribution in [0, 0.1) is 6.92 Å². The summed E-state index contributed by atoms with van der Waals surface area (Å²) < 4.78 is 9.05. The van der Waals surface area contributed by atoms with Gasteiger partial charge in [-0.2, -0.15) is 0 Å². The molecular weight excluding hydrogens is 246 g/mol. The van der Waals surface area contributed by atoms with Crippen molar-refractivity contribution in [2.45, 2.75) is 25.8 Å². The van der Waals surface area contributed by atoms with Crippen molar-refractivity contribution < 1.29 is 4.74 Å². The topological polar surface area (TPSA) is 61.0 Å². The molecular formula is C13H17N3OS. The number of benzene rings is 1. The van der Waals surface area contributed by atoms with Crippen molar-refractivity contribution in [3.63, 3.8) is 0 Å². The summed E-state index contributed by atoms with van der Waals surface area (Å²) in [7, 11) is 1.67. The minimum absolute atomic E-state index is 0.0205. The molecule has 2 aromatic rings. The van der Waals surface area contributed by atoms with E-state index >= 15 is 0 Å². The second-order valence-electron chi connectivity index (χ2n) is 4.22. The first-order valence-corrected chi connectivity index (χ1v) is 6.65. The van der Waals surface area contributed by atoms with Crippen molar-refractivity contribution in [3.8, 4) is 5.75 Å². The van der Waals surface area contributed by atoms with E-state index in [0.29, 0.717) is 0 Å². The van der Waals surface area contributed by atoms with Crippen molar-refractivity contribution >= 4 is 11.5 Å². The molecule has 1 aromatic heterocycles. The van der Waals surface area contributed by atoms with Crippen molar-refractivity contribution in [1.29, 1.82) is 0 Å². The fourth-order valence-electron chi connectivity index (χ4n) is 1.82. The van der Waals surface area contributed by atoms with Gasteiger partial charge in [-0.15, -0.1) is 5.10 Å². The Morgan fingerprint density at radius 1 is 1.33 bits per heavy atom. The van der Waals surface area contributed by atoms with Gasteiger partial charge in [-0.1, -0.05) is 16.6 Å². The Morgan fingerprint density at radius 2 is 2.06 bits per heavy atom. The van der Waals surface area contributed by atoms with E-state index in [1.807, 2.05) is 19.1 Å². The molecule has 0 spiro atoms. The Kier molecular flexibility index (Phi) is 4.28. The van der Waals surface area contributed by atoms with E-state index in [1.165, 1.54) is 17.1 Å². The zero-order chi connectivity index (χ0) is 13.0. The number of nitrogens with zero attached hydrogens (tertiary/aromatic N) is 2. The average molecular weight is 263 g/mol. The molecule has 0 fully saturated rings. The number of aromatic nitrogens is 2. The molecule has 18 heavy (non-hydrogen) atoms. The van der Waals surface area contributed by atoms with Gasteiger partial charge in [0.05, 0.1) is 17.7 Å². The molecule has 1 heterocycles. The molecule has 4 nitrogen and oxygen atoms in total. The lowest BCUT2D eigenvalue weighted by atomic mass is 10.0. The van der Waals surface area contributed by atoms with Gasteiger partial charge >= 0.3 is 0 Å². The second-order valence-corrected chi connectivity index (χ2v) is 5.00. The molecule has 1 unspecified atom stereocenters. The maximum absolute atomic E-state index is 6.15. The van der Waals surface area contributed by atoms with Crippen LogP contribution in [0.4, 0.5) is 0 Å². The first kappa shape index (κ1) is 13.0. The van der Waals surface area contributed by atoms with E-state index in [0.717, 1.165) is 29.2 Å². The molecule has 0 saturated heterocycles. The van der Waals surface area contributed by atoms with Crippen LogP contribution in [0.15, 0.2) is 24.3 Å². The highest BCUT2D eigenvalue weighted by molar-refractivity contribution is 7.05. The molecule has 0 aliphatic heterocycles. The predicted octanol–water partition coefficient (Wildman–Crippen LogP) is 2.49. The zero-order valence-electron chi connectivity index (χ0n) is 10.6. The fourth-order valence-corrected chi connectivity index (χ4v) is 2.50. The lowest BCUT2D eigenvalue weighted by Crippen LogP contribution is -2.11. The smallest absolute Gasteiger partial charge is 0.118 e. The lowest BCUT2D eigenvalue weighted by molar-refractivity contribution is 0.414. The molecule has 0 aliphatic carbocycles. The maximum Gasteiger partial charge on any atom is 0.118 e. The van der Waals surface area contributed by atoms with Crippen molar-refractivity contribution in [2.75, 3.05) is 7.11 Å². The van der Waals surface area contributed by atoms with Gasteiger partial charge in [0.25, 0.3) is 0 Å². The average Bonchev–Trinajstić information content (AvgIpc) is 2.83. The third-order valence-electron chi connectivity index (χ3n) is 2.93. The number of methoxy groups -OCH3 is 1. The summed E-state index contributed by atoms with van der Waals surface area (Å²) in [6.45, 7) is 1.95. The first-order valence-electron chi connectivity index (χ1n) is 5.88. The van der Waals surface area contributed by atoms with Crippen molar-refractivity contribution in [3.05, 3.63) is 40.4 Å². The SMILES string of the molecule is COc1ccc(CCC(N)c2snnc2C)cc1. The molecule has 1 atom stereocenters. The van der Waals surface area contributed by atoms with Gasteiger partial charge in [0, 0.05) is 6.04 Å². The van der Waals surface area contributed by atoms with Crippen LogP contribution in [0.3, 0.4) is 0 Å². The minimum atomic E-state index is 0.0205. The Morgan fingerprint density at radius 3 is 2.61 bits per heavy atom. The number of aryl methyl sites for hydroxylation is 2. The normalized spacial score (nSPS) is 12.4. The Hall–Kier alpha value is -1.46. The summed E-state index contributed by atoms with van der Waals surface area (Å²) in [5.41, 5.74) is 8.36. The minimum Gasteiger partial charge on any atom is -0.497 e. The third kappa shape index (κ3) is 3.05. The maximum atomic E-state index is 6.15. The van der Waals surface area contributed by atoms with Crippen LogP contribution in [0.1, 0.15) is 28.6 Å². The molecule has 0 amide bonds. The summed E-state index contributed by atoms with van der Waals surface area (Å²) in [6.07, 6.45) is 1.85. The number of ether oxygens (including phenoxy) is 1. The summed E-state index contributed by atoms with van der Waals surface area (Å²) >= 11 is 1.39. The molecule has 2 N–H and O–H groups in total. The van der Waals surface area contributed by atoms with Gasteiger partial charge in [0.1, 0.15) is 5.75 Å². The van der Waals surface area contributed by atoms with E-state index in [9.17, 15) is 0 Å². The molecule has 0 radical (unpaired) electrons. The van der Waals surface area contributed by atoms with Crippen molar-refractivity contribution in [2.24, 2.45) is 5.73 Å². The second kappa shape index (κ2) is 5.93. The number of hydrogen-bond acceptors (Lipinski definition) is 5. The highest BCUT2D eigenvalue weighted by Crippen LogP contribution is 2.22. The number of nitrogens with two attached hydrogens (primary N) is 1. The van der Waals surface area contributed by atoms with Gasteiger partial charge in [-0.05, 0) is 49.0 Å². The van der Waals surface area contributed by atoms with Gasteiger partial charge in [0.2, 0.25) is 0 Å². The van der Waals surface area contributed by atoms with Crippen molar-refractivity contribution in [1.82, 2.24) is 9.59 Å². The van der Waals surface area contributed by atoms with E-state index in [4.69, 9.17) is 10.5 Å².